The maximum atomic E-state index is 5.41. The van der Waals surface area contributed by atoms with Crippen LogP contribution in [0.2, 0.25) is 12.1 Å². The number of hydrogen-bond acceptors (Lipinski definition) is 2. The van der Waals surface area contributed by atoms with Crippen molar-refractivity contribution in [3.8, 4) is 0 Å². The highest BCUT2D eigenvalue weighted by Gasteiger charge is 2.42. The molecule has 0 amide bonds. The van der Waals surface area contributed by atoms with Crippen LogP contribution in [-0.2, 0) is 8.85 Å². The van der Waals surface area contributed by atoms with E-state index in [9.17, 15) is 0 Å². The summed E-state index contributed by atoms with van der Waals surface area (Å²) in [5.74, 6) is 0. The second-order valence-electron chi connectivity index (χ2n) is 3.05. The van der Waals surface area contributed by atoms with Crippen molar-refractivity contribution in [2.45, 2.75) is 31.4 Å². The fourth-order valence-electron chi connectivity index (χ4n) is 1.35. The molecule has 1 rings (SSSR count). The van der Waals surface area contributed by atoms with Crippen molar-refractivity contribution in [2.24, 2.45) is 0 Å². The van der Waals surface area contributed by atoms with Crippen LogP contribution in [0.25, 0.3) is 0 Å². The van der Waals surface area contributed by atoms with Crippen molar-refractivity contribution in [3.05, 3.63) is 0 Å². The number of hydrogen-bond donors (Lipinski definition) is 0. The predicted octanol–water partition coefficient (Wildman–Crippen LogP) is 1.91. The van der Waals surface area contributed by atoms with Crippen LogP contribution in [0.1, 0.15) is 19.3 Å². The minimum Gasteiger partial charge on any atom is -0.398 e. The van der Waals surface area contributed by atoms with Gasteiger partial charge in [-0.1, -0.05) is 6.42 Å². The summed E-state index contributed by atoms with van der Waals surface area (Å²) in [6.45, 7) is 2.15. The molecule has 10 heavy (non-hydrogen) atoms. The first-order valence-electron chi connectivity index (χ1n) is 3.83. The molecule has 0 aromatic rings. The molecule has 0 atom stereocenters. The Morgan fingerprint density at radius 2 is 1.70 bits per heavy atom. The maximum absolute atomic E-state index is 5.41. The average Bonchev–Trinajstić information content (AvgIpc) is 1.84. The molecule has 0 spiro atoms. The van der Waals surface area contributed by atoms with E-state index < -0.39 is 8.56 Å². The van der Waals surface area contributed by atoms with Gasteiger partial charge in [0.2, 0.25) is 0 Å². The Hall–Kier alpha value is 0.137. The van der Waals surface area contributed by atoms with Gasteiger partial charge in [-0.15, -0.1) is 0 Å². The summed E-state index contributed by atoms with van der Waals surface area (Å²) in [5.41, 5.74) is 0.752. The summed E-state index contributed by atoms with van der Waals surface area (Å²) in [6, 6.07) is 0. The fourth-order valence-corrected chi connectivity index (χ4v) is 3.64. The molecule has 0 radical (unpaired) electrons. The summed E-state index contributed by atoms with van der Waals surface area (Å²) in [6.07, 6.45) is 3.98. The minimum absolute atomic E-state index is 0.752. The van der Waals surface area contributed by atoms with Crippen LogP contribution in [-0.4, -0.2) is 22.8 Å². The van der Waals surface area contributed by atoms with Crippen LogP contribution in [0.15, 0.2) is 0 Å². The van der Waals surface area contributed by atoms with Crippen molar-refractivity contribution in [1.29, 1.82) is 0 Å². The first kappa shape index (κ1) is 8.24. The van der Waals surface area contributed by atoms with E-state index in [0.717, 1.165) is 5.54 Å². The minimum atomic E-state index is -1.71. The third-order valence-corrected chi connectivity index (χ3v) is 6.34. The van der Waals surface area contributed by atoms with Gasteiger partial charge in [-0.25, -0.2) is 0 Å². The van der Waals surface area contributed by atoms with Gasteiger partial charge in [0.05, 0.1) is 0 Å². The molecule has 0 heterocycles. The normalized spacial score (nSPS) is 20.7. The van der Waals surface area contributed by atoms with Gasteiger partial charge in [-0.2, -0.15) is 0 Å². The van der Waals surface area contributed by atoms with Gasteiger partial charge in [0.25, 0.3) is 0 Å². The summed E-state index contributed by atoms with van der Waals surface area (Å²) >= 11 is 0. The quantitative estimate of drug-likeness (QED) is 0.587. The highest BCUT2D eigenvalue weighted by molar-refractivity contribution is 6.67. The molecule has 0 aliphatic heterocycles. The molecule has 0 aromatic carbocycles. The van der Waals surface area contributed by atoms with Crippen LogP contribution in [0, 0.1) is 0 Å². The summed E-state index contributed by atoms with van der Waals surface area (Å²) < 4.78 is 10.8. The molecule has 3 heteroatoms. The Kier molecular flexibility index (Phi) is 2.49. The SMILES string of the molecule is CO[Si](C)(OC)C1CCC1. The molecule has 1 fully saturated rings. The zero-order valence-electron chi connectivity index (χ0n) is 7.02. The lowest BCUT2D eigenvalue weighted by Crippen LogP contribution is -2.44. The van der Waals surface area contributed by atoms with Gasteiger partial charge in [0.1, 0.15) is 0 Å². The zero-order valence-corrected chi connectivity index (χ0v) is 8.02. The average molecular weight is 160 g/mol. The van der Waals surface area contributed by atoms with E-state index >= 15 is 0 Å². The molecule has 1 saturated carbocycles. The Bertz CT molecular complexity index is 108. The predicted molar refractivity (Wildman–Crippen MR) is 43.2 cm³/mol. The van der Waals surface area contributed by atoms with Gasteiger partial charge in [0.15, 0.2) is 0 Å². The third-order valence-electron chi connectivity index (χ3n) is 2.66. The van der Waals surface area contributed by atoms with E-state index in [4.69, 9.17) is 8.85 Å². The van der Waals surface area contributed by atoms with Gasteiger partial charge >= 0.3 is 8.56 Å². The van der Waals surface area contributed by atoms with E-state index in [1.165, 1.54) is 19.3 Å². The molecule has 0 N–H and O–H groups in total. The van der Waals surface area contributed by atoms with E-state index in [-0.39, 0.29) is 0 Å². The summed E-state index contributed by atoms with van der Waals surface area (Å²) in [4.78, 5) is 0. The molecule has 60 valence electrons. The van der Waals surface area contributed by atoms with Crippen LogP contribution in [0.4, 0.5) is 0 Å². The maximum Gasteiger partial charge on any atom is 0.337 e. The van der Waals surface area contributed by atoms with Crippen molar-refractivity contribution >= 4 is 8.56 Å². The first-order chi connectivity index (χ1) is 4.73. The van der Waals surface area contributed by atoms with E-state index in [2.05, 4.69) is 6.55 Å². The highest BCUT2D eigenvalue weighted by Crippen LogP contribution is 2.41. The highest BCUT2D eigenvalue weighted by atomic mass is 28.4. The summed E-state index contributed by atoms with van der Waals surface area (Å²) in [5, 5.41) is 0. The number of rotatable bonds is 3. The van der Waals surface area contributed by atoms with E-state index in [1.54, 1.807) is 14.2 Å². The van der Waals surface area contributed by atoms with Crippen LogP contribution < -0.4 is 0 Å². The fraction of sp³-hybridized carbons (Fsp3) is 1.00. The molecule has 0 saturated heterocycles. The van der Waals surface area contributed by atoms with Crippen LogP contribution in [0.3, 0.4) is 0 Å². The largest absolute Gasteiger partial charge is 0.398 e. The standard InChI is InChI=1S/C7H16O2Si/c1-8-10(3,9-2)7-5-4-6-7/h7H,4-6H2,1-3H3. The van der Waals surface area contributed by atoms with Gasteiger partial charge in [-0.05, 0) is 19.4 Å². The Morgan fingerprint density at radius 1 is 1.20 bits per heavy atom. The second kappa shape index (κ2) is 3.03. The Balaban J connectivity index is 2.44. The van der Waals surface area contributed by atoms with Crippen molar-refractivity contribution in [2.75, 3.05) is 14.2 Å². The third kappa shape index (κ3) is 1.26. The molecular weight excluding hydrogens is 144 g/mol. The van der Waals surface area contributed by atoms with Crippen LogP contribution >= 0.6 is 0 Å². The van der Waals surface area contributed by atoms with Gasteiger partial charge in [0, 0.05) is 19.8 Å². The smallest absolute Gasteiger partial charge is 0.337 e. The van der Waals surface area contributed by atoms with Crippen molar-refractivity contribution < 1.29 is 8.85 Å². The molecule has 1 aliphatic carbocycles. The van der Waals surface area contributed by atoms with E-state index in [1.807, 2.05) is 0 Å². The summed E-state index contributed by atoms with van der Waals surface area (Å²) in [7, 11) is 1.83. The second-order valence-corrected chi connectivity index (χ2v) is 6.72. The van der Waals surface area contributed by atoms with Gasteiger partial charge < -0.3 is 8.85 Å². The Labute approximate surface area is 63.8 Å². The lowest BCUT2D eigenvalue weighted by Gasteiger charge is -2.37. The topological polar surface area (TPSA) is 18.5 Å². The molecule has 2 nitrogen and oxygen atoms in total. The molecular formula is C7H16O2Si. The first-order valence-corrected chi connectivity index (χ1v) is 6.22. The monoisotopic (exact) mass is 160 g/mol. The van der Waals surface area contributed by atoms with Crippen molar-refractivity contribution in [1.82, 2.24) is 0 Å². The van der Waals surface area contributed by atoms with Crippen molar-refractivity contribution in [3.63, 3.8) is 0 Å². The van der Waals surface area contributed by atoms with Crippen LogP contribution in [0.5, 0.6) is 0 Å². The molecule has 0 bridgehead atoms. The Morgan fingerprint density at radius 3 is 1.80 bits per heavy atom. The lowest BCUT2D eigenvalue weighted by molar-refractivity contribution is 0.215. The van der Waals surface area contributed by atoms with E-state index in [0.29, 0.717) is 0 Å². The molecule has 1 aliphatic rings. The molecule has 0 unspecified atom stereocenters. The van der Waals surface area contributed by atoms with Gasteiger partial charge in [-0.3, -0.25) is 0 Å². The zero-order chi connectivity index (χ0) is 7.61. The lowest BCUT2D eigenvalue weighted by atomic mass is 10.00. The molecule has 0 aromatic heterocycles.